The zero-order chi connectivity index (χ0) is 7.24. The largest absolute Gasteiger partial charge is 0.0879 e. The maximum atomic E-state index is 2.46. The van der Waals surface area contributed by atoms with Crippen molar-refractivity contribution in [3.63, 3.8) is 0 Å². The number of hydrogen-bond acceptors (Lipinski definition) is 0. The second-order valence-corrected chi connectivity index (χ2v) is 4.82. The first kappa shape index (κ1) is 6.45. The highest BCUT2D eigenvalue weighted by Gasteiger charge is 2.47. The van der Waals surface area contributed by atoms with Gasteiger partial charge in [0, 0.05) is 0 Å². The van der Waals surface area contributed by atoms with Gasteiger partial charge >= 0.3 is 0 Å². The fourth-order valence-corrected chi connectivity index (χ4v) is 2.94. The molecule has 0 aromatic carbocycles. The molecular weight excluding hydrogens is 120 g/mol. The number of hydrogen-bond donors (Lipinski definition) is 0. The molecule has 0 aromatic heterocycles. The molecule has 0 nitrogen and oxygen atoms in total. The van der Waals surface area contributed by atoms with Crippen LogP contribution >= 0.6 is 0 Å². The van der Waals surface area contributed by atoms with Crippen LogP contribution in [0, 0.1) is 10.8 Å². The van der Waals surface area contributed by atoms with E-state index in [-0.39, 0.29) is 0 Å². The molecule has 0 bridgehead atoms. The molecule has 0 N–H and O–H groups in total. The zero-order valence-corrected chi connectivity index (χ0v) is 6.98. The van der Waals surface area contributed by atoms with E-state index in [1.807, 2.05) is 0 Å². The molecule has 56 valence electrons. The molecule has 1 spiro atoms. The summed E-state index contributed by atoms with van der Waals surface area (Å²) in [6.07, 6.45) is 10.4. The first-order valence-corrected chi connectivity index (χ1v) is 4.30. The van der Waals surface area contributed by atoms with E-state index < -0.39 is 0 Å². The summed E-state index contributed by atoms with van der Waals surface area (Å²) < 4.78 is 0. The first-order chi connectivity index (χ1) is 4.62. The molecule has 2 rings (SSSR count). The summed E-state index contributed by atoms with van der Waals surface area (Å²) in [6, 6.07) is 0. The van der Waals surface area contributed by atoms with Gasteiger partial charge in [-0.05, 0) is 36.5 Å². The van der Waals surface area contributed by atoms with Gasteiger partial charge in [-0.1, -0.05) is 26.0 Å². The molecule has 0 amide bonds. The number of rotatable bonds is 0. The van der Waals surface area contributed by atoms with Crippen LogP contribution in [-0.4, -0.2) is 0 Å². The van der Waals surface area contributed by atoms with Gasteiger partial charge in [-0.25, -0.2) is 0 Å². The van der Waals surface area contributed by atoms with Crippen LogP contribution in [0.3, 0.4) is 0 Å². The minimum Gasteiger partial charge on any atom is -0.0879 e. The lowest BCUT2D eigenvalue weighted by atomic mass is 9.54. The second kappa shape index (κ2) is 1.66. The van der Waals surface area contributed by atoms with Gasteiger partial charge in [0.05, 0.1) is 0 Å². The molecule has 0 aliphatic heterocycles. The van der Waals surface area contributed by atoms with Gasteiger partial charge in [-0.2, -0.15) is 0 Å². The molecule has 1 saturated carbocycles. The predicted molar refractivity (Wildman–Crippen MR) is 43.8 cm³/mol. The summed E-state index contributed by atoms with van der Waals surface area (Å²) in [7, 11) is 0. The summed E-state index contributed by atoms with van der Waals surface area (Å²) in [5.74, 6) is 0. The summed E-state index contributed by atoms with van der Waals surface area (Å²) in [5.41, 5.74) is 1.32. The molecule has 0 unspecified atom stereocenters. The van der Waals surface area contributed by atoms with Crippen molar-refractivity contribution in [1.29, 1.82) is 0 Å². The van der Waals surface area contributed by atoms with E-state index in [0.717, 1.165) is 0 Å². The minimum atomic E-state index is 0.648. The topological polar surface area (TPSA) is 0 Å². The van der Waals surface area contributed by atoms with Gasteiger partial charge in [0.2, 0.25) is 0 Å². The van der Waals surface area contributed by atoms with Gasteiger partial charge in [0.15, 0.2) is 0 Å². The Morgan fingerprint density at radius 1 is 1.20 bits per heavy atom. The van der Waals surface area contributed by atoms with Crippen molar-refractivity contribution >= 4 is 0 Å². The van der Waals surface area contributed by atoms with Gasteiger partial charge in [0.1, 0.15) is 0 Å². The van der Waals surface area contributed by atoms with Crippen molar-refractivity contribution in [3.05, 3.63) is 12.2 Å². The molecular formula is C10H16. The second-order valence-electron chi connectivity index (χ2n) is 4.82. The molecule has 1 fully saturated rings. The zero-order valence-electron chi connectivity index (χ0n) is 6.98. The molecule has 2 aliphatic carbocycles. The number of allylic oxidation sites excluding steroid dienone is 2. The van der Waals surface area contributed by atoms with Crippen molar-refractivity contribution in [1.82, 2.24) is 0 Å². The normalized spacial score (nSPS) is 32.6. The lowest BCUT2D eigenvalue weighted by molar-refractivity contribution is 0.0295. The lowest BCUT2D eigenvalue weighted by Gasteiger charge is -2.50. The molecule has 0 radical (unpaired) electrons. The van der Waals surface area contributed by atoms with Crippen molar-refractivity contribution in [2.24, 2.45) is 10.8 Å². The van der Waals surface area contributed by atoms with E-state index in [2.05, 4.69) is 26.0 Å². The van der Waals surface area contributed by atoms with Gasteiger partial charge < -0.3 is 0 Å². The monoisotopic (exact) mass is 136 g/mol. The van der Waals surface area contributed by atoms with Crippen molar-refractivity contribution < 1.29 is 0 Å². The third kappa shape index (κ3) is 0.817. The summed E-state index contributed by atoms with van der Waals surface area (Å²) >= 11 is 0. The lowest BCUT2D eigenvalue weighted by Crippen LogP contribution is -2.40. The summed E-state index contributed by atoms with van der Waals surface area (Å²) in [5, 5.41) is 0. The van der Waals surface area contributed by atoms with E-state index in [4.69, 9.17) is 0 Å². The third-order valence-electron chi connectivity index (χ3n) is 2.94. The average molecular weight is 136 g/mol. The molecule has 0 heteroatoms. The highest BCUT2D eigenvalue weighted by atomic mass is 14.5. The standard InChI is InChI=1S/C10H16/c1-9(2)7-10(8-9)5-3-4-6-10/h3,5H,4,6-8H2,1-2H3. The van der Waals surface area contributed by atoms with Gasteiger partial charge in [-0.3, -0.25) is 0 Å². The van der Waals surface area contributed by atoms with Crippen molar-refractivity contribution in [2.75, 3.05) is 0 Å². The van der Waals surface area contributed by atoms with Gasteiger partial charge in [-0.15, -0.1) is 0 Å². The SMILES string of the molecule is CC1(C)CC2(C=CCC2)C1. The molecule has 0 heterocycles. The summed E-state index contributed by atoms with van der Waals surface area (Å²) in [6.45, 7) is 4.76. The maximum absolute atomic E-state index is 2.46. The fourth-order valence-electron chi connectivity index (χ4n) is 2.94. The molecule has 0 atom stereocenters. The van der Waals surface area contributed by atoms with Crippen LogP contribution < -0.4 is 0 Å². The Hall–Kier alpha value is -0.260. The average Bonchev–Trinajstić information content (AvgIpc) is 2.10. The molecule has 10 heavy (non-hydrogen) atoms. The van der Waals surface area contributed by atoms with Crippen LogP contribution in [0.1, 0.15) is 39.5 Å². The highest BCUT2D eigenvalue weighted by molar-refractivity contribution is 5.15. The highest BCUT2D eigenvalue weighted by Crippen LogP contribution is 2.59. The van der Waals surface area contributed by atoms with Crippen LogP contribution in [-0.2, 0) is 0 Å². The van der Waals surface area contributed by atoms with E-state index >= 15 is 0 Å². The third-order valence-corrected chi connectivity index (χ3v) is 2.94. The van der Waals surface area contributed by atoms with E-state index in [9.17, 15) is 0 Å². The van der Waals surface area contributed by atoms with Crippen molar-refractivity contribution in [3.8, 4) is 0 Å². The summed E-state index contributed by atoms with van der Waals surface area (Å²) in [4.78, 5) is 0. The van der Waals surface area contributed by atoms with E-state index in [1.165, 1.54) is 25.7 Å². The molecule has 0 aromatic rings. The predicted octanol–water partition coefficient (Wildman–Crippen LogP) is 3.14. The van der Waals surface area contributed by atoms with Crippen molar-refractivity contribution in [2.45, 2.75) is 39.5 Å². The Kier molecular flexibility index (Phi) is 1.07. The Bertz CT molecular complexity index is 166. The van der Waals surface area contributed by atoms with E-state index in [1.54, 1.807) is 0 Å². The fraction of sp³-hybridized carbons (Fsp3) is 0.800. The van der Waals surface area contributed by atoms with Gasteiger partial charge in [0.25, 0.3) is 0 Å². The van der Waals surface area contributed by atoms with Crippen LogP contribution in [0.5, 0.6) is 0 Å². The maximum Gasteiger partial charge on any atom is -0.0105 e. The Morgan fingerprint density at radius 3 is 2.30 bits per heavy atom. The Balaban J connectivity index is 2.05. The quantitative estimate of drug-likeness (QED) is 0.449. The first-order valence-electron chi connectivity index (χ1n) is 4.30. The smallest absolute Gasteiger partial charge is 0.0105 e. The van der Waals surface area contributed by atoms with Crippen LogP contribution in [0.4, 0.5) is 0 Å². The molecule has 2 aliphatic rings. The Morgan fingerprint density at radius 2 is 1.90 bits per heavy atom. The van der Waals surface area contributed by atoms with E-state index in [0.29, 0.717) is 10.8 Å². The minimum absolute atomic E-state index is 0.648. The van der Waals surface area contributed by atoms with Crippen LogP contribution in [0.2, 0.25) is 0 Å². The molecule has 0 saturated heterocycles. The Labute approximate surface area is 63.3 Å². The van der Waals surface area contributed by atoms with Crippen LogP contribution in [0.15, 0.2) is 12.2 Å². The van der Waals surface area contributed by atoms with Crippen LogP contribution in [0.25, 0.3) is 0 Å².